The number of benzene rings is 2. The van der Waals surface area contributed by atoms with Crippen molar-refractivity contribution < 1.29 is 23.9 Å². The quantitative estimate of drug-likeness (QED) is 0.531. The van der Waals surface area contributed by atoms with E-state index in [2.05, 4.69) is 90.1 Å². The Bertz CT molecular complexity index is 588. The predicted octanol–water partition coefficient (Wildman–Crippen LogP) is 5.40. The Hall–Kier alpha value is -0.820. The second kappa shape index (κ2) is 6.35. The second-order valence-electron chi connectivity index (χ2n) is 8.03. The zero-order valence-electron chi connectivity index (χ0n) is 14.6. The summed E-state index contributed by atoms with van der Waals surface area (Å²) in [5, 5.41) is 0. The van der Waals surface area contributed by atoms with E-state index in [0.29, 0.717) is 0 Å². The van der Waals surface area contributed by atoms with Gasteiger partial charge in [-0.3, -0.25) is 0 Å². The Morgan fingerprint density at radius 1 is 0.591 bits per heavy atom. The van der Waals surface area contributed by atoms with Crippen LogP contribution in [0.3, 0.4) is 0 Å². The van der Waals surface area contributed by atoms with E-state index >= 15 is 0 Å². The Labute approximate surface area is 150 Å². The standard InChI is InChI=1S/C21H26.Hf/c1-20(2,3)18-11-7-16(8-12-18)15-17-9-13-19(14-10-17)21(4,5)6;/h7-14H,1-6H3;/q;+2. The molecule has 0 fully saturated rings. The fraction of sp³-hybridized carbons (Fsp3) is 0.381. The zero-order chi connectivity index (χ0) is 16.5. The first kappa shape index (κ1) is 17.5. The molecule has 0 saturated heterocycles. The first-order chi connectivity index (χ1) is 10.1. The summed E-state index contributed by atoms with van der Waals surface area (Å²) in [7, 11) is 0. The van der Waals surface area contributed by atoms with Gasteiger partial charge in [0.1, 0.15) is 0 Å². The minimum atomic E-state index is 0.220. The molecule has 0 N–H and O–H groups in total. The summed E-state index contributed by atoms with van der Waals surface area (Å²) in [6.45, 7) is 13.6. The molecule has 0 amide bonds. The number of hydrogen-bond donors (Lipinski definition) is 0. The van der Waals surface area contributed by atoms with Crippen LogP contribution in [0.5, 0.6) is 0 Å². The van der Waals surface area contributed by atoms with Gasteiger partial charge >= 0.3 is 150 Å². The van der Waals surface area contributed by atoms with E-state index in [1.54, 1.807) is 0 Å². The van der Waals surface area contributed by atoms with Gasteiger partial charge in [0.25, 0.3) is 0 Å². The van der Waals surface area contributed by atoms with Gasteiger partial charge in [0.05, 0.1) is 0 Å². The van der Waals surface area contributed by atoms with Crippen LogP contribution in [0, 0.1) is 0 Å². The van der Waals surface area contributed by atoms with Gasteiger partial charge in [0, 0.05) is 0 Å². The van der Waals surface area contributed by atoms with Gasteiger partial charge in [-0.1, -0.05) is 0 Å². The van der Waals surface area contributed by atoms with E-state index in [1.807, 2.05) is 0 Å². The normalized spacial score (nSPS) is 12.4. The maximum atomic E-state index is 2.28. The summed E-state index contributed by atoms with van der Waals surface area (Å²) < 4.78 is 1.47. The van der Waals surface area contributed by atoms with E-state index in [0.717, 1.165) is 23.9 Å². The molecule has 0 saturated carbocycles. The van der Waals surface area contributed by atoms with Gasteiger partial charge in [-0.15, -0.1) is 0 Å². The Morgan fingerprint density at radius 2 is 0.864 bits per heavy atom. The van der Waals surface area contributed by atoms with Crippen LogP contribution in [0.15, 0.2) is 48.5 Å². The van der Waals surface area contributed by atoms with Gasteiger partial charge < -0.3 is 0 Å². The second-order valence-corrected chi connectivity index (χ2v) is 9.83. The van der Waals surface area contributed by atoms with Crippen molar-refractivity contribution >= 4 is 3.26 Å². The van der Waals surface area contributed by atoms with Crippen LogP contribution in [-0.2, 0) is 34.7 Å². The molecule has 2 rings (SSSR count). The molecule has 0 spiro atoms. The van der Waals surface area contributed by atoms with E-state index in [9.17, 15) is 0 Å². The molecule has 2 aromatic carbocycles. The number of hydrogen-bond acceptors (Lipinski definition) is 0. The Morgan fingerprint density at radius 3 is 1.09 bits per heavy atom. The summed E-state index contributed by atoms with van der Waals surface area (Å²) in [4.78, 5) is 0. The molecule has 0 heterocycles. The molecule has 0 aliphatic heterocycles. The van der Waals surface area contributed by atoms with Gasteiger partial charge in [0.15, 0.2) is 0 Å². The third-order valence-electron chi connectivity index (χ3n) is 4.08. The molecule has 0 aliphatic rings. The first-order valence-corrected chi connectivity index (χ1v) is 9.69. The molecule has 1 heteroatoms. The van der Waals surface area contributed by atoms with Gasteiger partial charge in [-0.25, -0.2) is 0 Å². The fourth-order valence-electron chi connectivity index (χ4n) is 2.44. The van der Waals surface area contributed by atoms with E-state index in [-0.39, 0.29) is 10.8 Å². The van der Waals surface area contributed by atoms with Crippen molar-refractivity contribution in [2.75, 3.05) is 0 Å². The molecule has 112 valence electrons. The van der Waals surface area contributed by atoms with Crippen molar-refractivity contribution in [3.05, 3.63) is 70.8 Å². The van der Waals surface area contributed by atoms with Crippen LogP contribution in [0.2, 0.25) is 0 Å². The van der Waals surface area contributed by atoms with Gasteiger partial charge in [-0.2, -0.15) is 0 Å². The minimum absolute atomic E-state index is 0.220. The topological polar surface area (TPSA) is 0 Å². The summed E-state index contributed by atoms with van der Waals surface area (Å²) in [6.07, 6.45) is 0. The van der Waals surface area contributed by atoms with Crippen molar-refractivity contribution in [3.8, 4) is 0 Å². The van der Waals surface area contributed by atoms with Crippen LogP contribution in [-0.4, -0.2) is 3.26 Å². The van der Waals surface area contributed by atoms with Gasteiger partial charge in [0.2, 0.25) is 0 Å². The van der Waals surface area contributed by atoms with E-state index in [4.69, 9.17) is 0 Å². The van der Waals surface area contributed by atoms with Crippen LogP contribution >= 0.6 is 0 Å². The van der Waals surface area contributed by atoms with E-state index in [1.165, 1.54) is 25.5 Å². The van der Waals surface area contributed by atoms with Crippen molar-refractivity contribution in [2.24, 2.45) is 0 Å². The monoisotopic (exact) mass is 458 g/mol. The van der Waals surface area contributed by atoms with Crippen molar-refractivity contribution in [1.82, 2.24) is 0 Å². The van der Waals surface area contributed by atoms with Crippen LogP contribution < -0.4 is 0 Å². The summed E-state index contributed by atoms with van der Waals surface area (Å²) in [5.41, 5.74) is 5.96. The number of rotatable bonds is 2. The third kappa shape index (κ3) is 4.13. The molecule has 0 nitrogen and oxygen atoms in total. The Balaban J connectivity index is 2.25. The molecule has 0 radical (unpaired) electrons. The molecular formula is C21H26Hf+2. The van der Waals surface area contributed by atoms with Gasteiger partial charge in [-0.05, 0) is 0 Å². The SMILES string of the molecule is CC(C)(C)c1ccc([C](=[Hf+2])c2ccc(C(C)(C)C)cc2)cc1. The van der Waals surface area contributed by atoms with Crippen molar-refractivity contribution in [2.45, 2.75) is 52.4 Å². The molecule has 2 aromatic rings. The summed E-state index contributed by atoms with van der Waals surface area (Å²) in [5.74, 6) is 0. The summed E-state index contributed by atoms with van der Waals surface area (Å²) in [6, 6.07) is 18.2. The predicted molar refractivity (Wildman–Crippen MR) is 93.5 cm³/mol. The molecule has 22 heavy (non-hydrogen) atoms. The Kier molecular flexibility index (Phi) is 5.06. The molecule has 0 unspecified atom stereocenters. The maximum absolute atomic E-state index is 2.28. The van der Waals surface area contributed by atoms with Crippen LogP contribution in [0.1, 0.15) is 63.8 Å². The average molecular weight is 457 g/mol. The molecular weight excluding hydrogens is 431 g/mol. The van der Waals surface area contributed by atoms with Crippen LogP contribution in [0.4, 0.5) is 0 Å². The molecule has 0 aliphatic carbocycles. The average Bonchev–Trinajstić information content (AvgIpc) is 2.45. The van der Waals surface area contributed by atoms with Crippen molar-refractivity contribution in [3.63, 3.8) is 0 Å². The van der Waals surface area contributed by atoms with E-state index < -0.39 is 0 Å². The molecule has 0 aromatic heterocycles. The molecule has 0 bridgehead atoms. The first-order valence-electron chi connectivity index (χ1n) is 7.89. The zero-order valence-corrected chi connectivity index (χ0v) is 18.2. The fourth-order valence-corrected chi connectivity index (χ4v) is 3.64. The molecule has 0 atom stereocenters. The van der Waals surface area contributed by atoms with Crippen molar-refractivity contribution in [1.29, 1.82) is 0 Å². The van der Waals surface area contributed by atoms with Crippen LogP contribution in [0.25, 0.3) is 0 Å². The summed E-state index contributed by atoms with van der Waals surface area (Å²) >= 11 is 1.06. The third-order valence-corrected chi connectivity index (χ3v) is 6.15.